The summed E-state index contributed by atoms with van der Waals surface area (Å²) in [6, 6.07) is 6.62. The van der Waals surface area contributed by atoms with Gasteiger partial charge < -0.3 is 10.6 Å². The Morgan fingerprint density at radius 3 is 2.72 bits per heavy atom. The zero-order valence-electron chi connectivity index (χ0n) is 16.8. The van der Waals surface area contributed by atoms with Crippen LogP contribution in [0.5, 0.6) is 0 Å². The van der Waals surface area contributed by atoms with Crippen LogP contribution in [0.25, 0.3) is 11.3 Å². The summed E-state index contributed by atoms with van der Waals surface area (Å²) in [5.74, 6) is 1.46. The van der Waals surface area contributed by atoms with Crippen LogP contribution in [0, 0.1) is 0 Å². The van der Waals surface area contributed by atoms with Gasteiger partial charge in [-0.3, -0.25) is 9.00 Å². The Morgan fingerprint density at radius 1 is 1.25 bits per heavy atom. The van der Waals surface area contributed by atoms with E-state index in [1.807, 2.05) is 4.90 Å². The lowest BCUT2D eigenvalue weighted by atomic mass is 10.0. The van der Waals surface area contributed by atoms with Crippen LogP contribution < -0.4 is 16.2 Å². The molecule has 0 bridgehead atoms. The smallest absolute Gasteiger partial charge is 0.285 e. The van der Waals surface area contributed by atoms with Crippen molar-refractivity contribution in [2.75, 3.05) is 23.4 Å². The second-order valence-corrected chi connectivity index (χ2v) is 8.77. The highest BCUT2D eigenvalue weighted by Crippen LogP contribution is 2.38. The third kappa shape index (κ3) is 3.53. The summed E-state index contributed by atoms with van der Waals surface area (Å²) in [5, 5.41) is 5.00. The molecule has 1 saturated heterocycles. The first-order chi connectivity index (χ1) is 15.0. The molecule has 0 aliphatic carbocycles. The number of nitrogen functional groups attached to an aromatic ring is 1. The Labute approximate surface area is 197 Å². The maximum absolute atomic E-state index is 13.4. The Hall–Kier alpha value is -2.96. The van der Waals surface area contributed by atoms with Crippen molar-refractivity contribution in [2.45, 2.75) is 17.4 Å². The monoisotopic (exact) mass is 490 g/mol. The van der Waals surface area contributed by atoms with Crippen LogP contribution in [0.15, 0.2) is 52.5 Å². The van der Waals surface area contributed by atoms with Crippen molar-refractivity contribution >= 4 is 53.2 Å². The lowest BCUT2D eigenvalue weighted by molar-refractivity contribution is 0.419. The molecule has 0 aromatic carbocycles. The average Bonchev–Trinajstić information content (AvgIpc) is 3.09. The van der Waals surface area contributed by atoms with Crippen molar-refractivity contribution in [3.05, 3.63) is 64.1 Å². The molecule has 1 aliphatic heterocycles. The van der Waals surface area contributed by atoms with Gasteiger partial charge in [-0.05, 0) is 24.6 Å². The summed E-state index contributed by atoms with van der Waals surface area (Å²) in [7, 11) is -1.32. The largest absolute Gasteiger partial charge is 0.368 e. The van der Waals surface area contributed by atoms with Crippen molar-refractivity contribution in [1.82, 2.24) is 29.1 Å². The summed E-state index contributed by atoms with van der Waals surface area (Å²) >= 11 is 6.25. The van der Waals surface area contributed by atoms with Gasteiger partial charge in [0.25, 0.3) is 5.56 Å². The lowest BCUT2D eigenvalue weighted by Crippen LogP contribution is -2.45. The molecule has 32 heavy (non-hydrogen) atoms. The van der Waals surface area contributed by atoms with E-state index in [4.69, 9.17) is 22.4 Å². The van der Waals surface area contributed by atoms with Gasteiger partial charge in [-0.15, -0.1) is 0 Å². The molecule has 166 valence electrons. The summed E-state index contributed by atoms with van der Waals surface area (Å²) in [6.07, 6.45) is 6.99. The molecule has 1 unspecified atom stereocenters. The fourth-order valence-corrected chi connectivity index (χ4v) is 4.51. The molecule has 0 radical (unpaired) electrons. The van der Waals surface area contributed by atoms with Crippen LogP contribution in [0.2, 0.25) is 5.02 Å². The molecule has 1 aliphatic rings. The zero-order valence-corrected chi connectivity index (χ0v) is 19.4. The first-order valence-electron chi connectivity index (χ1n) is 9.39. The van der Waals surface area contributed by atoms with E-state index in [0.29, 0.717) is 40.3 Å². The topological polar surface area (TPSA) is 124 Å². The van der Waals surface area contributed by atoms with Gasteiger partial charge in [0.05, 0.1) is 33.0 Å². The van der Waals surface area contributed by atoms with Crippen LogP contribution in [0.3, 0.4) is 0 Å². The number of aromatic nitrogens is 6. The van der Waals surface area contributed by atoms with Crippen molar-refractivity contribution in [2.24, 2.45) is 0 Å². The van der Waals surface area contributed by atoms with Crippen molar-refractivity contribution in [3.63, 3.8) is 0 Å². The number of fused-ring (bicyclic) bond motifs is 1. The number of halogens is 1. The minimum absolute atomic E-state index is 0. The summed E-state index contributed by atoms with van der Waals surface area (Å²) < 4.78 is 15.2. The average molecular weight is 491 g/mol. The van der Waals surface area contributed by atoms with E-state index < -0.39 is 10.8 Å². The molecular weight excluding hydrogens is 472 g/mol. The summed E-state index contributed by atoms with van der Waals surface area (Å²) in [4.78, 5) is 28.4. The molecule has 1 fully saturated rings. The summed E-state index contributed by atoms with van der Waals surface area (Å²) in [6.45, 7) is 0.633. The number of pyridine rings is 1. The number of nitrogens with two attached hydrogens (primary N) is 1. The van der Waals surface area contributed by atoms with E-state index in [0.717, 1.165) is 0 Å². The molecule has 4 aromatic heterocycles. The van der Waals surface area contributed by atoms with Crippen LogP contribution in [0.1, 0.15) is 18.3 Å². The SMILES string of the molecule is CS(=O)c1cnc(N)nc1N1CC[C@H]1c1nn2ccc(Cl)c2c(=O)n1-c1ccccn1.S. The predicted molar refractivity (Wildman–Crippen MR) is 127 cm³/mol. The second-order valence-electron chi connectivity index (χ2n) is 7.01. The molecule has 5 heterocycles. The van der Waals surface area contributed by atoms with Crippen LogP contribution in [0.4, 0.5) is 11.8 Å². The Balaban J connectivity index is 0.00000245. The van der Waals surface area contributed by atoms with Crippen molar-refractivity contribution < 1.29 is 4.21 Å². The number of nitrogens with zero attached hydrogens (tertiary/aromatic N) is 7. The van der Waals surface area contributed by atoms with Gasteiger partial charge in [-0.25, -0.2) is 19.1 Å². The molecule has 2 atom stereocenters. The molecule has 10 nitrogen and oxygen atoms in total. The van der Waals surface area contributed by atoms with E-state index in [-0.39, 0.29) is 36.6 Å². The highest BCUT2D eigenvalue weighted by molar-refractivity contribution is 7.84. The van der Waals surface area contributed by atoms with Crippen molar-refractivity contribution in [1.29, 1.82) is 0 Å². The van der Waals surface area contributed by atoms with Gasteiger partial charge in [0.15, 0.2) is 11.6 Å². The van der Waals surface area contributed by atoms with Crippen LogP contribution >= 0.6 is 25.1 Å². The van der Waals surface area contributed by atoms with Gasteiger partial charge in [0.2, 0.25) is 5.95 Å². The van der Waals surface area contributed by atoms with E-state index >= 15 is 0 Å². The number of hydrogen-bond donors (Lipinski definition) is 1. The van der Waals surface area contributed by atoms with Crippen LogP contribution in [-0.4, -0.2) is 46.1 Å². The normalized spacial score (nSPS) is 16.4. The molecule has 2 N–H and O–H groups in total. The highest BCUT2D eigenvalue weighted by Gasteiger charge is 2.37. The fraction of sp³-hybridized carbons (Fsp3) is 0.211. The van der Waals surface area contributed by atoms with E-state index in [1.165, 1.54) is 15.3 Å². The zero-order chi connectivity index (χ0) is 21.7. The standard InChI is InChI=1S/C19H17ClN8O2S.H2S/c1-31(30)13-10-23-19(21)24-17(13)26-8-6-12(26)16-25-27-9-5-11(20)15(27)18(29)28(16)14-4-2-3-7-22-14;/h2-5,7,9-10,12H,6,8H2,1H3,(H2,21,23,24);1H2/t12-,31?;/m0./s1. The van der Waals surface area contributed by atoms with Gasteiger partial charge in [-0.2, -0.15) is 23.6 Å². The lowest BCUT2D eigenvalue weighted by Gasteiger charge is -2.42. The quantitative estimate of drug-likeness (QED) is 0.458. The number of anilines is 2. The Kier molecular flexibility index (Phi) is 5.93. The number of rotatable bonds is 4. The minimum atomic E-state index is -1.32. The number of hydrogen-bond acceptors (Lipinski definition) is 8. The maximum atomic E-state index is 13.4. The third-order valence-corrected chi connectivity index (χ3v) is 6.41. The maximum Gasteiger partial charge on any atom is 0.285 e. The molecule has 4 aromatic rings. The van der Waals surface area contributed by atoms with Gasteiger partial charge in [0.1, 0.15) is 11.3 Å². The minimum Gasteiger partial charge on any atom is -0.368 e. The fourth-order valence-electron chi connectivity index (χ4n) is 3.66. The van der Waals surface area contributed by atoms with Gasteiger partial charge in [-0.1, -0.05) is 17.7 Å². The molecule has 0 spiro atoms. The highest BCUT2D eigenvalue weighted by atomic mass is 35.5. The molecule has 0 saturated carbocycles. The van der Waals surface area contributed by atoms with E-state index in [2.05, 4.69) is 15.0 Å². The Morgan fingerprint density at radius 2 is 2.06 bits per heavy atom. The van der Waals surface area contributed by atoms with E-state index in [1.54, 1.807) is 42.9 Å². The molecule has 0 amide bonds. The third-order valence-electron chi connectivity index (χ3n) is 5.20. The van der Waals surface area contributed by atoms with E-state index in [9.17, 15) is 9.00 Å². The van der Waals surface area contributed by atoms with Gasteiger partial charge in [0, 0.05) is 25.2 Å². The second kappa shape index (κ2) is 8.52. The van der Waals surface area contributed by atoms with Crippen LogP contribution in [-0.2, 0) is 10.8 Å². The molecular formula is C19H19ClN8O2S2. The molecule has 13 heteroatoms. The Bertz CT molecular complexity index is 1390. The summed E-state index contributed by atoms with van der Waals surface area (Å²) in [5.41, 5.74) is 5.74. The van der Waals surface area contributed by atoms with Gasteiger partial charge >= 0.3 is 0 Å². The predicted octanol–water partition coefficient (Wildman–Crippen LogP) is 1.71. The first-order valence-corrected chi connectivity index (χ1v) is 11.3. The molecule has 5 rings (SSSR count). The first kappa shape index (κ1) is 22.2. The van der Waals surface area contributed by atoms with Crippen molar-refractivity contribution in [3.8, 4) is 5.82 Å².